The maximum absolute atomic E-state index is 11.9. The fourth-order valence-electron chi connectivity index (χ4n) is 1.69. The van der Waals surface area contributed by atoms with Gasteiger partial charge in [-0.2, -0.15) is 0 Å². The number of carbonyl (C=O) groups is 1. The van der Waals surface area contributed by atoms with Gasteiger partial charge in [0.25, 0.3) is 0 Å². The standard InChI is InChI=1S/C16H16O4S/c1-13-6-8-15(9-7-13)21(18)20-11-10-19-16-5-3-2-4-14(16)12-17/h2-9,12H,10-11H2,1H3. The van der Waals surface area contributed by atoms with Crippen molar-refractivity contribution in [1.82, 2.24) is 0 Å². The van der Waals surface area contributed by atoms with Gasteiger partial charge in [-0.15, -0.1) is 0 Å². The molecule has 0 aliphatic carbocycles. The van der Waals surface area contributed by atoms with Gasteiger partial charge in [0.15, 0.2) is 17.4 Å². The van der Waals surface area contributed by atoms with Gasteiger partial charge in [-0.1, -0.05) is 29.8 Å². The van der Waals surface area contributed by atoms with Crippen molar-refractivity contribution >= 4 is 17.4 Å². The molecular weight excluding hydrogens is 288 g/mol. The van der Waals surface area contributed by atoms with Gasteiger partial charge < -0.3 is 4.74 Å². The van der Waals surface area contributed by atoms with E-state index >= 15 is 0 Å². The summed E-state index contributed by atoms with van der Waals surface area (Å²) in [5, 5.41) is 0. The van der Waals surface area contributed by atoms with Crippen LogP contribution in [0.5, 0.6) is 5.75 Å². The van der Waals surface area contributed by atoms with E-state index in [-0.39, 0.29) is 13.2 Å². The Kier molecular flexibility index (Phi) is 5.66. The molecule has 0 saturated carbocycles. The molecule has 1 unspecified atom stereocenters. The lowest BCUT2D eigenvalue weighted by atomic mass is 10.2. The van der Waals surface area contributed by atoms with Crippen LogP contribution < -0.4 is 4.74 Å². The van der Waals surface area contributed by atoms with Crippen LogP contribution in [-0.4, -0.2) is 23.7 Å². The Balaban J connectivity index is 1.80. The molecule has 2 rings (SSSR count). The molecule has 0 radical (unpaired) electrons. The van der Waals surface area contributed by atoms with Crippen molar-refractivity contribution in [3.8, 4) is 5.75 Å². The number of aryl methyl sites for hydroxylation is 1. The highest BCUT2D eigenvalue weighted by atomic mass is 32.2. The van der Waals surface area contributed by atoms with E-state index < -0.39 is 11.1 Å². The van der Waals surface area contributed by atoms with Gasteiger partial charge in [-0.25, -0.2) is 4.21 Å². The van der Waals surface area contributed by atoms with Gasteiger partial charge >= 0.3 is 0 Å². The lowest BCUT2D eigenvalue weighted by Gasteiger charge is -2.08. The number of para-hydroxylation sites is 1. The molecule has 5 heteroatoms. The Morgan fingerprint density at radius 3 is 2.48 bits per heavy atom. The van der Waals surface area contributed by atoms with E-state index in [9.17, 15) is 9.00 Å². The quantitative estimate of drug-likeness (QED) is 0.583. The van der Waals surface area contributed by atoms with Crippen LogP contribution in [0.4, 0.5) is 0 Å². The van der Waals surface area contributed by atoms with E-state index in [4.69, 9.17) is 8.92 Å². The summed E-state index contributed by atoms with van der Waals surface area (Å²) in [5.74, 6) is 0.497. The van der Waals surface area contributed by atoms with Crippen molar-refractivity contribution in [3.63, 3.8) is 0 Å². The lowest BCUT2D eigenvalue weighted by Crippen LogP contribution is -2.09. The highest BCUT2D eigenvalue weighted by Gasteiger charge is 2.05. The SMILES string of the molecule is Cc1ccc(S(=O)OCCOc2ccccc2C=O)cc1. The van der Waals surface area contributed by atoms with Gasteiger partial charge in [0.1, 0.15) is 12.4 Å². The average molecular weight is 304 g/mol. The third-order valence-corrected chi connectivity index (χ3v) is 3.83. The Bertz CT molecular complexity index is 622. The number of ether oxygens (including phenoxy) is 1. The Labute approximate surface area is 126 Å². The highest BCUT2D eigenvalue weighted by Crippen LogP contribution is 2.15. The number of aldehydes is 1. The third-order valence-electron chi connectivity index (χ3n) is 2.79. The van der Waals surface area contributed by atoms with Crippen LogP contribution in [-0.2, 0) is 15.3 Å². The molecule has 0 saturated heterocycles. The molecule has 0 aliphatic rings. The molecule has 110 valence electrons. The van der Waals surface area contributed by atoms with Crippen LogP contribution in [0, 0.1) is 6.92 Å². The van der Waals surface area contributed by atoms with Crippen molar-refractivity contribution in [2.75, 3.05) is 13.2 Å². The van der Waals surface area contributed by atoms with E-state index in [1.165, 1.54) is 0 Å². The van der Waals surface area contributed by atoms with Crippen LogP contribution in [0.1, 0.15) is 15.9 Å². The third kappa shape index (κ3) is 4.51. The maximum Gasteiger partial charge on any atom is 0.189 e. The summed E-state index contributed by atoms with van der Waals surface area (Å²) >= 11 is -1.51. The van der Waals surface area contributed by atoms with E-state index in [0.29, 0.717) is 16.2 Å². The zero-order chi connectivity index (χ0) is 15.1. The normalized spacial score (nSPS) is 11.9. The molecule has 0 N–H and O–H groups in total. The van der Waals surface area contributed by atoms with E-state index in [1.54, 1.807) is 36.4 Å². The van der Waals surface area contributed by atoms with Crippen molar-refractivity contribution in [3.05, 3.63) is 59.7 Å². The van der Waals surface area contributed by atoms with Gasteiger partial charge in [-0.05, 0) is 31.2 Å². The predicted octanol–water partition coefficient (Wildman–Crippen LogP) is 2.93. The number of hydrogen-bond acceptors (Lipinski definition) is 4. The van der Waals surface area contributed by atoms with Crippen LogP contribution in [0.15, 0.2) is 53.4 Å². The molecule has 0 bridgehead atoms. The molecule has 0 fully saturated rings. The summed E-state index contributed by atoms with van der Waals surface area (Å²) in [6, 6.07) is 14.2. The van der Waals surface area contributed by atoms with Crippen molar-refractivity contribution in [2.24, 2.45) is 0 Å². The molecular formula is C16H16O4S. The van der Waals surface area contributed by atoms with E-state index in [0.717, 1.165) is 11.8 Å². The molecule has 0 heterocycles. The number of rotatable bonds is 7. The number of carbonyl (C=O) groups excluding carboxylic acids is 1. The lowest BCUT2D eigenvalue weighted by molar-refractivity contribution is 0.111. The number of hydrogen-bond donors (Lipinski definition) is 0. The summed E-state index contributed by atoms with van der Waals surface area (Å²) in [5.41, 5.74) is 1.58. The molecule has 2 aromatic carbocycles. The highest BCUT2D eigenvalue weighted by molar-refractivity contribution is 7.80. The summed E-state index contributed by atoms with van der Waals surface area (Å²) in [4.78, 5) is 11.4. The predicted molar refractivity (Wildman–Crippen MR) is 80.9 cm³/mol. The Morgan fingerprint density at radius 2 is 1.76 bits per heavy atom. The van der Waals surface area contributed by atoms with E-state index in [1.807, 2.05) is 19.1 Å². The summed E-state index contributed by atoms with van der Waals surface area (Å²) in [6.07, 6.45) is 0.737. The second-order valence-electron chi connectivity index (χ2n) is 4.37. The van der Waals surface area contributed by atoms with Gasteiger partial charge in [0, 0.05) is 0 Å². The van der Waals surface area contributed by atoms with Gasteiger partial charge in [0.05, 0.1) is 17.1 Å². The first-order valence-electron chi connectivity index (χ1n) is 6.49. The molecule has 2 aromatic rings. The first-order chi connectivity index (χ1) is 10.2. The molecule has 1 atom stereocenters. The summed E-state index contributed by atoms with van der Waals surface area (Å²) in [6.45, 7) is 2.36. The van der Waals surface area contributed by atoms with Crippen molar-refractivity contribution in [1.29, 1.82) is 0 Å². The molecule has 0 aromatic heterocycles. The summed E-state index contributed by atoms with van der Waals surface area (Å²) < 4.78 is 22.5. The zero-order valence-electron chi connectivity index (χ0n) is 11.7. The molecule has 0 amide bonds. The molecule has 21 heavy (non-hydrogen) atoms. The maximum atomic E-state index is 11.9. The first-order valence-corrected chi connectivity index (χ1v) is 7.57. The Hall–Kier alpha value is -1.98. The van der Waals surface area contributed by atoms with Crippen molar-refractivity contribution < 1.29 is 17.9 Å². The second-order valence-corrected chi connectivity index (χ2v) is 5.55. The van der Waals surface area contributed by atoms with Crippen LogP contribution in [0.25, 0.3) is 0 Å². The minimum absolute atomic E-state index is 0.174. The minimum Gasteiger partial charge on any atom is -0.490 e. The monoisotopic (exact) mass is 304 g/mol. The first kappa shape index (κ1) is 15.4. The summed E-state index contributed by atoms with van der Waals surface area (Å²) in [7, 11) is 0. The van der Waals surface area contributed by atoms with Gasteiger partial charge in [0.2, 0.25) is 0 Å². The number of benzene rings is 2. The fraction of sp³-hybridized carbons (Fsp3) is 0.188. The van der Waals surface area contributed by atoms with Crippen LogP contribution >= 0.6 is 0 Å². The minimum atomic E-state index is -1.51. The van der Waals surface area contributed by atoms with Crippen molar-refractivity contribution in [2.45, 2.75) is 11.8 Å². The Morgan fingerprint density at radius 1 is 1.05 bits per heavy atom. The smallest absolute Gasteiger partial charge is 0.189 e. The molecule has 0 aliphatic heterocycles. The fourth-order valence-corrected chi connectivity index (χ4v) is 2.40. The second kappa shape index (κ2) is 7.71. The topological polar surface area (TPSA) is 52.6 Å². The van der Waals surface area contributed by atoms with Crippen LogP contribution in [0.2, 0.25) is 0 Å². The zero-order valence-corrected chi connectivity index (χ0v) is 12.5. The largest absolute Gasteiger partial charge is 0.490 e. The van der Waals surface area contributed by atoms with Crippen LogP contribution in [0.3, 0.4) is 0 Å². The van der Waals surface area contributed by atoms with Gasteiger partial charge in [-0.3, -0.25) is 8.98 Å². The van der Waals surface area contributed by atoms with E-state index in [2.05, 4.69) is 0 Å². The average Bonchev–Trinajstić information content (AvgIpc) is 2.52. The molecule has 0 spiro atoms. The molecule has 4 nitrogen and oxygen atoms in total.